The summed E-state index contributed by atoms with van der Waals surface area (Å²) >= 11 is 3.37. The van der Waals surface area contributed by atoms with Gasteiger partial charge in [0.1, 0.15) is 4.90 Å². The maximum absolute atomic E-state index is 12.3. The summed E-state index contributed by atoms with van der Waals surface area (Å²) in [6.45, 7) is 1.68. The third kappa shape index (κ3) is 3.05. The zero-order valence-corrected chi connectivity index (χ0v) is 13.5. The van der Waals surface area contributed by atoms with Crippen LogP contribution in [-0.2, 0) is 23.7 Å². The number of aliphatic hydroxyl groups is 1. The number of sulfonamides is 1. The first-order valence-corrected chi connectivity index (χ1v) is 8.16. The molecule has 1 heterocycles. The molecule has 5 nitrogen and oxygen atoms in total. The van der Waals surface area contributed by atoms with Crippen molar-refractivity contribution in [1.82, 2.24) is 4.57 Å². The summed E-state index contributed by atoms with van der Waals surface area (Å²) in [5, 5.41) is 9.11. The van der Waals surface area contributed by atoms with Gasteiger partial charge in [-0.2, -0.15) is 0 Å². The smallest absolute Gasteiger partial charge is 0.263 e. The Labute approximate surface area is 126 Å². The fourth-order valence-electron chi connectivity index (χ4n) is 1.80. The Balaban J connectivity index is 2.32. The lowest BCUT2D eigenvalue weighted by Gasteiger charge is -2.08. The maximum atomic E-state index is 12.3. The predicted octanol–water partition coefficient (Wildman–Crippen LogP) is 2.39. The first-order chi connectivity index (χ1) is 9.33. The highest BCUT2D eigenvalue weighted by Crippen LogP contribution is 2.23. The van der Waals surface area contributed by atoms with Crippen LogP contribution in [0.25, 0.3) is 0 Å². The van der Waals surface area contributed by atoms with Crippen LogP contribution in [-0.4, -0.2) is 18.1 Å². The number of rotatable bonds is 4. The summed E-state index contributed by atoms with van der Waals surface area (Å²) in [4.78, 5) is 0.129. The molecule has 2 N–H and O–H groups in total. The van der Waals surface area contributed by atoms with Gasteiger partial charge in [-0.3, -0.25) is 4.72 Å². The van der Waals surface area contributed by atoms with Crippen LogP contribution in [0, 0.1) is 6.92 Å². The van der Waals surface area contributed by atoms with Crippen molar-refractivity contribution in [2.45, 2.75) is 18.4 Å². The third-order valence-corrected chi connectivity index (χ3v) is 5.20. The van der Waals surface area contributed by atoms with Crippen molar-refractivity contribution < 1.29 is 13.5 Å². The number of aryl methyl sites for hydroxylation is 2. The van der Waals surface area contributed by atoms with E-state index in [-0.39, 0.29) is 11.5 Å². The molecule has 20 heavy (non-hydrogen) atoms. The summed E-state index contributed by atoms with van der Waals surface area (Å²) in [5.74, 6) is 0. The average Bonchev–Trinajstić information content (AvgIpc) is 2.76. The van der Waals surface area contributed by atoms with E-state index in [1.807, 2.05) is 6.92 Å². The molecule has 0 aliphatic rings. The fourth-order valence-corrected chi connectivity index (χ4v) is 3.19. The SMILES string of the molecule is Cc1cc(NS(=O)(=O)c2cc(CO)n(C)c2)ccc1Br. The minimum Gasteiger partial charge on any atom is -0.390 e. The minimum absolute atomic E-state index is 0.129. The van der Waals surface area contributed by atoms with Gasteiger partial charge in [0, 0.05) is 29.1 Å². The van der Waals surface area contributed by atoms with Crippen LogP contribution < -0.4 is 4.72 Å². The third-order valence-electron chi connectivity index (χ3n) is 2.97. The molecular weight excluding hydrogens is 344 g/mol. The number of aromatic nitrogens is 1. The Morgan fingerprint density at radius 2 is 2.05 bits per heavy atom. The van der Waals surface area contributed by atoms with E-state index in [1.54, 1.807) is 29.8 Å². The number of aliphatic hydroxyl groups excluding tert-OH is 1. The van der Waals surface area contributed by atoms with Gasteiger partial charge in [0.15, 0.2) is 0 Å². The highest BCUT2D eigenvalue weighted by Gasteiger charge is 2.17. The summed E-state index contributed by atoms with van der Waals surface area (Å²) < 4.78 is 29.6. The molecule has 0 fully saturated rings. The number of halogens is 1. The predicted molar refractivity (Wildman–Crippen MR) is 81.0 cm³/mol. The molecule has 0 unspecified atom stereocenters. The molecule has 0 spiro atoms. The largest absolute Gasteiger partial charge is 0.390 e. The van der Waals surface area contributed by atoms with E-state index < -0.39 is 10.0 Å². The van der Waals surface area contributed by atoms with Crippen molar-refractivity contribution in [3.05, 3.63) is 46.2 Å². The Kier molecular flexibility index (Phi) is 4.22. The van der Waals surface area contributed by atoms with Crippen molar-refractivity contribution in [2.24, 2.45) is 7.05 Å². The van der Waals surface area contributed by atoms with Gasteiger partial charge < -0.3 is 9.67 Å². The highest BCUT2D eigenvalue weighted by molar-refractivity contribution is 9.10. The second-order valence-electron chi connectivity index (χ2n) is 4.51. The molecule has 0 saturated carbocycles. The molecule has 0 aliphatic carbocycles. The van der Waals surface area contributed by atoms with Crippen LogP contribution >= 0.6 is 15.9 Å². The lowest BCUT2D eigenvalue weighted by atomic mass is 10.2. The van der Waals surface area contributed by atoms with E-state index in [4.69, 9.17) is 5.11 Å². The van der Waals surface area contributed by atoms with Gasteiger partial charge in [0.05, 0.1) is 6.61 Å². The number of hydrogen-bond donors (Lipinski definition) is 2. The maximum Gasteiger partial charge on any atom is 0.263 e. The Hall–Kier alpha value is -1.31. The van der Waals surface area contributed by atoms with E-state index in [0.29, 0.717) is 11.4 Å². The van der Waals surface area contributed by atoms with Gasteiger partial charge in [0.25, 0.3) is 10.0 Å². The molecular formula is C13H15BrN2O3S. The van der Waals surface area contributed by atoms with Crippen molar-refractivity contribution >= 4 is 31.6 Å². The molecule has 0 amide bonds. The fraction of sp³-hybridized carbons (Fsp3) is 0.231. The number of nitrogens with one attached hydrogen (secondary N) is 1. The van der Waals surface area contributed by atoms with E-state index in [0.717, 1.165) is 10.0 Å². The minimum atomic E-state index is -3.65. The molecule has 7 heteroatoms. The molecule has 0 radical (unpaired) electrons. The number of hydrogen-bond acceptors (Lipinski definition) is 3. The number of anilines is 1. The molecule has 108 valence electrons. The quantitative estimate of drug-likeness (QED) is 0.881. The van der Waals surface area contributed by atoms with Crippen LogP contribution in [0.15, 0.2) is 39.8 Å². The van der Waals surface area contributed by atoms with Crippen LogP contribution in [0.2, 0.25) is 0 Å². The van der Waals surface area contributed by atoms with Gasteiger partial charge >= 0.3 is 0 Å². The lowest BCUT2D eigenvalue weighted by Crippen LogP contribution is -2.12. The van der Waals surface area contributed by atoms with Crippen LogP contribution in [0.5, 0.6) is 0 Å². The van der Waals surface area contributed by atoms with E-state index in [9.17, 15) is 8.42 Å². The Morgan fingerprint density at radius 3 is 2.60 bits per heavy atom. The first-order valence-electron chi connectivity index (χ1n) is 5.88. The molecule has 1 aromatic heterocycles. The molecule has 0 bridgehead atoms. The summed E-state index contributed by atoms with van der Waals surface area (Å²) in [7, 11) is -1.96. The topological polar surface area (TPSA) is 71.3 Å². The summed E-state index contributed by atoms with van der Waals surface area (Å²) in [6, 6.07) is 6.67. The summed E-state index contributed by atoms with van der Waals surface area (Å²) in [5.41, 5.74) is 1.98. The van der Waals surface area contributed by atoms with E-state index in [2.05, 4.69) is 20.7 Å². The van der Waals surface area contributed by atoms with E-state index >= 15 is 0 Å². The number of nitrogens with zero attached hydrogens (tertiary/aromatic N) is 1. The van der Waals surface area contributed by atoms with Crippen LogP contribution in [0.3, 0.4) is 0 Å². The second-order valence-corrected chi connectivity index (χ2v) is 7.04. The highest BCUT2D eigenvalue weighted by atomic mass is 79.9. The molecule has 2 aromatic rings. The second kappa shape index (κ2) is 5.59. The van der Waals surface area contributed by atoms with Crippen molar-refractivity contribution in [3.8, 4) is 0 Å². The average molecular weight is 359 g/mol. The van der Waals surface area contributed by atoms with Crippen molar-refractivity contribution in [2.75, 3.05) is 4.72 Å². The molecule has 1 aromatic carbocycles. The van der Waals surface area contributed by atoms with Gasteiger partial charge in [-0.25, -0.2) is 8.42 Å². The van der Waals surface area contributed by atoms with Gasteiger partial charge in [-0.05, 0) is 36.8 Å². The zero-order valence-electron chi connectivity index (χ0n) is 11.1. The molecule has 2 rings (SSSR count). The normalized spacial score (nSPS) is 11.6. The Morgan fingerprint density at radius 1 is 1.35 bits per heavy atom. The van der Waals surface area contributed by atoms with Crippen molar-refractivity contribution in [3.63, 3.8) is 0 Å². The molecule has 0 saturated heterocycles. The first kappa shape index (κ1) is 15.1. The standard InChI is InChI=1S/C13H15BrN2O3S/c1-9-5-10(3-4-13(9)14)15-20(18,19)12-6-11(8-17)16(2)7-12/h3-7,15,17H,8H2,1-2H3. The summed E-state index contributed by atoms with van der Waals surface area (Å²) in [6.07, 6.45) is 1.47. The van der Waals surface area contributed by atoms with Gasteiger partial charge in [-0.15, -0.1) is 0 Å². The molecule has 0 aliphatic heterocycles. The van der Waals surface area contributed by atoms with Crippen molar-refractivity contribution in [1.29, 1.82) is 0 Å². The van der Waals surface area contributed by atoms with Crippen LogP contribution in [0.1, 0.15) is 11.3 Å². The lowest BCUT2D eigenvalue weighted by molar-refractivity contribution is 0.272. The van der Waals surface area contributed by atoms with Gasteiger partial charge in [-0.1, -0.05) is 15.9 Å². The van der Waals surface area contributed by atoms with Crippen LogP contribution in [0.4, 0.5) is 5.69 Å². The molecule has 0 atom stereocenters. The monoisotopic (exact) mass is 358 g/mol. The number of benzene rings is 1. The Bertz CT molecular complexity index is 738. The van der Waals surface area contributed by atoms with Gasteiger partial charge in [0.2, 0.25) is 0 Å². The zero-order chi connectivity index (χ0) is 14.9. The van der Waals surface area contributed by atoms with E-state index in [1.165, 1.54) is 12.3 Å².